The zero-order valence-corrected chi connectivity index (χ0v) is 32.3. The second kappa shape index (κ2) is 21.9. The first-order chi connectivity index (χ1) is 26.2. The van der Waals surface area contributed by atoms with Gasteiger partial charge in [0, 0.05) is 72.5 Å². The Kier molecular flexibility index (Phi) is 18.7. The van der Waals surface area contributed by atoms with Gasteiger partial charge in [-0.05, 0) is 46.5 Å². The zero-order valence-electron chi connectivity index (χ0n) is 27.4. The molecule has 0 fully saturated rings. The number of carbonyl (C=O) groups excluding carboxylic acids is 6. The van der Waals surface area contributed by atoms with Gasteiger partial charge in [-0.3, -0.25) is 9.97 Å². The Hall–Kier alpha value is -4.49. The number of esters is 6. The van der Waals surface area contributed by atoms with Gasteiger partial charge >= 0.3 is 54.3 Å². The first-order valence-corrected chi connectivity index (χ1v) is 17.0. The van der Waals surface area contributed by atoms with Gasteiger partial charge in [-0.15, -0.1) is 34.0 Å². The van der Waals surface area contributed by atoms with Crippen molar-refractivity contribution in [2.75, 3.05) is 0 Å². The molecule has 11 nitrogen and oxygen atoms in total. The van der Waals surface area contributed by atoms with Gasteiger partial charge in [0.05, 0.1) is 11.0 Å². The number of fused-ring (bicyclic) bond motifs is 3. The Bertz CT molecular complexity index is 2060. The van der Waals surface area contributed by atoms with Crippen molar-refractivity contribution in [3.63, 3.8) is 0 Å². The summed E-state index contributed by atoms with van der Waals surface area (Å²) < 4.78 is 115. The molecule has 0 atom stereocenters. The molecule has 0 saturated heterocycles. The molecule has 0 N–H and O–H groups in total. The van der Waals surface area contributed by atoms with Crippen molar-refractivity contribution < 1.29 is 132 Å². The molecule has 0 aliphatic heterocycles. The van der Waals surface area contributed by atoms with E-state index in [1.165, 1.54) is 52.5 Å². The van der Waals surface area contributed by atoms with E-state index >= 15 is 0 Å². The van der Waals surface area contributed by atoms with E-state index in [9.17, 15) is 68.3 Å². The van der Waals surface area contributed by atoms with Crippen LogP contribution in [0, 0.1) is 49.4 Å². The number of halogens is 9. The summed E-state index contributed by atoms with van der Waals surface area (Å²) in [6.07, 6.45) is -11.8. The van der Waals surface area contributed by atoms with Crippen LogP contribution in [-0.2, 0) is 28.6 Å². The molecule has 57 heavy (non-hydrogen) atoms. The molecule has 0 aliphatic rings. The SMILES string of the molecule is O=C(OC(=O)C(F)(F)F)c1cccs1.O=C(OC(=O)C(F)(F)F)c1cccs1.O=C(OC(=O)C(F)(F)F)c1cccs1.[Eu].c1cnc2c(c1)ccc1cccnc12. The number of ether oxygens (including phenoxy) is 3. The van der Waals surface area contributed by atoms with Gasteiger partial charge < -0.3 is 14.2 Å². The van der Waals surface area contributed by atoms with E-state index in [1.807, 2.05) is 12.1 Å². The van der Waals surface area contributed by atoms with Crippen molar-refractivity contribution in [2.24, 2.45) is 0 Å². The fourth-order valence-electron chi connectivity index (χ4n) is 3.44. The van der Waals surface area contributed by atoms with Crippen LogP contribution in [0.3, 0.4) is 0 Å². The normalized spacial score (nSPS) is 10.8. The average Bonchev–Trinajstić information content (AvgIpc) is 3.96. The number of alkyl halides is 9. The summed E-state index contributed by atoms with van der Waals surface area (Å²) in [5, 5.41) is 6.72. The van der Waals surface area contributed by atoms with Crippen molar-refractivity contribution in [1.82, 2.24) is 9.97 Å². The molecule has 0 spiro atoms. The predicted octanol–water partition coefficient (Wildman–Crippen LogP) is 8.76. The number of rotatable bonds is 3. The van der Waals surface area contributed by atoms with Crippen LogP contribution in [0.4, 0.5) is 39.5 Å². The van der Waals surface area contributed by atoms with Crippen LogP contribution in [0.5, 0.6) is 0 Å². The van der Waals surface area contributed by atoms with Gasteiger partial charge in [-0.1, -0.05) is 42.5 Å². The molecular formula is C33H17EuF9N2O9S3. The number of nitrogens with zero attached hydrogens (tertiary/aromatic N) is 2. The summed E-state index contributed by atoms with van der Waals surface area (Å²) in [5.74, 6) is -11.4. The number of carbonyl (C=O) groups is 6. The van der Waals surface area contributed by atoms with Crippen molar-refractivity contribution in [3.8, 4) is 0 Å². The van der Waals surface area contributed by atoms with Crippen LogP contribution in [0.25, 0.3) is 21.8 Å². The van der Waals surface area contributed by atoms with E-state index in [2.05, 4.69) is 48.4 Å². The minimum Gasteiger partial charge on any atom is -0.382 e. The minimum absolute atomic E-state index is 0. The summed E-state index contributed by atoms with van der Waals surface area (Å²) in [7, 11) is 0. The van der Waals surface area contributed by atoms with Crippen molar-refractivity contribution in [2.45, 2.75) is 18.5 Å². The van der Waals surface area contributed by atoms with Crippen molar-refractivity contribution >= 4 is 91.6 Å². The largest absolute Gasteiger partial charge is 0.491 e. The third-order valence-corrected chi connectivity index (χ3v) is 8.31. The average molecular weight is 1000 g/mol. The van der Waals surface area contributed by atoms with Gasteiger partial charge in [0.15, 0.2) is 0 Å². The maximum atomic E-state index is 11.6. The van der Waals surface area contributed by atoms with Crippen LogP contribution in [0.2, 0.25) is 0 Å². The summed E-state index contributed by atoms with van der Waals surface area (Å²) in [5.41, 5.74) is 1.95. The maximum Gasteiger partial charge on any atom is 0.491 e. The Morgan fingerprint density at radius 1 is 0.439 bits per heavy atom. The molecule has 0 amide bonds. The Morgan fingerprint density at radius 2 is 0.719 bits per heavy atom. The van der Waals surface area contributed by atoms with Crippen LogP contribution in [0.1, 0.15) is 29.0 Å². The molecular weight excluding hydrogens is 988 g/mol. The molecule has 6 rings (SSSR count). The molecule has 301 valence electrons. The molecule has 5 aromatic heterocycles. The van der Waals surface area contributed by atoms with Gasteiger partial charge in [-0.2, -0.15) is 39.5 Å². The first-order valence-electron chi connectivity index (χ1n) is 14.4. The van der Waals surface area contributed by atoms with E-state index in [0.717, 1.165) is 55.8 Å². The Morgan fingerprint density at radius 3 is 0.947 bits per heavy atom. The second-order valence-corrected chi connectivity index (χ2v) is 12.5. The summed E-state index contributed by atoms with van der Waals surface area (Å²) >= 11 is 2.67. The van der Waals surface area contributed by atoms with E-state index in [0.29, 0.717) is 0 Å². The molecule has 24 heteroatoms. The number of hydrogen-bond donors (Lipinski definition) is 0. The van der Waals surface area contributed by atoms with Gasteiger partial charge in [0.1, 0.15) is 14.6 Å². The maximum absolute atomic E-state index is 11.6. The number of aromatic nitrogens is 2. The number of hydrogen-bond acceptors (Lipinski definition) is 14. The van der Waals surface area contributed by atoms with Crippen LogP contribution >= 0.6 is 34.0 Å². The molecule has 0 saturated carbocycles. The van der Waals surface area contributed by atoms with Crippen molar-refractivity contribution in [3.05, 3.63) is 116 Å². The molecule has 5 heterocycles. The standard InChI is InChI=1S/C12H8N2.3C7H3F3O3S.Eu/c1-3-9-5-6-10-4-2-8-14-12(10)11(9)13-7-1;3*8-7(9,10)6(12)13-5(11)4-2-1-3-14-4;/h1-8H;3*1-3H;. The zero-order chi connectivity index (χ0) is 41.7. The number of thiophene rings is 3. The molecule has 6 aromatic rings. The van der Waals surface area contributed by atoms with Gasteiger partial charge in [-0.25, -0.2) is 28.8 Å². The molecule has 0 bridgehead atoms. The smallest absolute Gasteiger partial charge is 0.382 e. The fraction of sp³-hybridized carbons (Fsp3) is 0.0909. The van der Waals surface area contributed by atoms with E-state index < -0.39 is 54.3 Å². The predicted molar refractivity (Wildman–Crippen MR) is 179 cm³/mol. The Balaban J connectivity index is 0.000000261. The minimum atomic E-state index is -5.15. The fourth-order valence-corrected chi connectivity index (χ4v) is 5.24. The summed E-state index contributed by atoms with van der Waals surface area (Å²) in [6, 6.07) is 20.3. The van der Waals surface area contributed by atoms with E-state index in [-0.39, 0.29) is 64.0 Å². The monoisotopic (exact) mass is 1000 g/mol. The van der Waals surface area contributed by atoms with E-state index in [4.69, 9.17) is 0 Å². The number of benzene rings is 1. The van der Waals surface area contributed by atoms with Crippen molar-refractivity contribution in [1.29, 1.82) is 0 Å². The first kappa shape index (κ1) is 48.7. The number of pyridine rings is 2. The van der Waals surface area contributed by atoms with Crippen LogP contribution < -0.4 is 0 Å². The van der Waals surface area contributed by atoms with Gasteiger partial charge in [0.2, 0.25) is 0 Å². The molecule has 0 unspecified atom stereocenters. The third kappa shape index (κ3) is 15.8. The molecule has 1 radical (unpaired) electrons. The van der Waals surface area contributed by atoms with Crippen LogP contribution in [0.15, 0.2) is 101 Å². The van der Waals surface area contributed by atoms with Crippen LogP contribution in [-0.4, -0.2) is 64.3 Å². The Labute approximate surface area is 364 Å². The topological polar surface area (TPSA) is 156 Å². The van der Waals surface area contributed by atoms with E-state index in [1.54, 1.807) is 12.4 Å². The summed E-state index contributed by atoms with van der Waals surface area (Å²) in [6.45, 7) is 0. The molecule has 1 aromatic carbocycles. The second-order valence-electron chi connectivity index (χ2n) is 9.67. The molecule has 0 aliphatic carbocycles. The third-order valence-electron chi connectivity index (χ3n) is 5.76. The summed E-state index contributed by atoms with van der Waals surface area (Å²) in [4.78, 5) is 71.6. The van der Waals surface area contributed by atoms with Gasteiger partial charge in [0.25, 0.3) is 0 Å². The quantitative estimate of drug-likeness (QED) is 0.0549.